The van der Waals surface area contributed by atoms with Crippen LogP contribution >= 0.6 is 35.0 Å². The summed E-state index contributed by atoms with van der Waals surface area (Å²) in [6.07, 6.45) is 0. The van der Waals surface area contributed by atoms with Crippen molar-refractivity contribution >= 4 is 52.5 Å². The van der Waals surface area contributed by atoms with Gasteiger partial charge in [-0.05, 0) is 44.2 Å². The minimum atomic E-state index is -0.599. The van der Waals surface area contributed by atoms with Gasteiger partial charge in [0.2, 0.25) is 5.91 Å². The highest BCUT2D eigenvalue weighted by Crippen LogP contribution is 2.26. The summed E-state index contributed by atoms with van der Waals surface area (Å²) >= 11 is 13.1. The van der Waals surface area contributed by atoms with Crippen molar-refractivity contribution in [1.82, 2.24) is 20.1 Å². The molecular formula is C21H20Cl2FN5O2S. The van der Waals surface area contributed by atoms with Gasteiger partial charge in [-0.3, -0.25) is 9.59 Å². The molecule has 7 nitrogen and oxygen atoms in total. The summed E-state index contributed by atoms with van der Waals surface area (Å²) in [6.45, 7) is 4.16. The summed E-state index contributed by atoms with van der Waals surface area (Å²) in [4.78, 5) is 24.7. The molecule has 0 saturated heterocycles. The average molecular weight is 496 g/mol. The van der Waals surface area contributed by atoms with Crippen molar-refractivity contribution in [1.29, 1.82) is 0 Å². The van der Waals surface area contributed by atoms with E-state index in [-0.39, 0.29) is 17.2 Å². The molecule has 32 heavy (non-hydrogen) atoms. The number of rotatable bonds is 8. The molecule has 2 amide bonds. The predicted octanol–water partition coefficient (Wildman–Crippen LogP) is 4.97. The molecule has 1 aromatic heterocycles. The third kappa shape index (κ3) is 5.79. The second kappa shape index (κ2) is 10.8. The smallest absolute Gasteiger partial charge is 0.254 e. The lowest BCUT2D eigenvalue weighted by atomic mass is 10.2. The Kier molecular flexibility index (Phi) is 8.11. The van der Waals surface area contributed by atoms with Crippen LogP contribution in [0.25, 0.3) is 0 Å². The number of benzene rings is 2. The van der Waals surface area contributed by atoms with E-state index in [1.807, 2.05) is 6.92 Å². The summed E-state index contributed by atoms with van der Waals surface area (Å²) < 4.78 is 15.7. The molecule has 0 bridgehead atoms. The van der Waals surface area contributed by atoms with Gasteiger partial charge in [0.05, 0.1) is 27.4 Å². The van der Waals surface area contributed by atoms with Gasteiger partial charge >= 0.3 is 0 Å². The van der Waals surface area contributed by atoms with E-state index in [1.54, 1.807) is 35.8 Å². The number of nitrogens with one attached hydrogen (secondary N) is 2. The van der Waals surface area contributed by atoms with Crippen LogP contribution in [0.4, 0.5) is 10.1 Å². The SMILES string of the molecule is CCn1c(SCC(=O)Nc2ccc(Cl)c(Cl)c2)nnc1[C@@H](C)NC(=O)c1ccccc1F. The number of thioether (sulfide) groups is 1. The van der Waals surface area contributed by atoms with Crippen LogP contribution in [0.2, 0.25) is 10.0 Å². The monoisotopic (exact) mass is 495 g/mol. The molecule has 2 aromatic carbocycles. The quantitative estimate of drug-likeness (QED) is 0.430. The van der Waals surface area contributed by atoms with E-state index in [9.17, 15) is 14.0 Å². The molecule has 0 spiro atoms. The Labute approximate surface area is 198 Å². The van der Waals surface area contributed by atoms with Crippen LogP contribution in [0, 0.1) is 5.82 Å². The number of halogens is 3. The highest BCUT2D eigenvalue weighted by atomic mass is 35.5. The number of hydrogen-bond donors (Lipinski definition) is 2. The number of anilines is 1. The van der Waals surface area contributed by atoms with Gasteiger partial charge in [-0.15, -0.1) is 10.2 Å². The predicted molar refractivity (Wildman–Crippen MR) is 124 cm³/mol. The van der Waals surface area contributed by atoms with Crippen LogP contribution in [0.15, 0.2) is 47.6 Å². The fraction of sp³-hybridized carbons (Fsp3) is 0.238. The van der Waals surface area contributed by atoms with Gasteiger partial charge in [0.25, 0.3) is 5.91 Å². The van der Waals surface area contributed by atoms with E-state index in [4.69, 9.17) is 23.2 Å². The minimum Gasteiger partial charge on any atom is -0.342 e. The second-order valence-electron chi connectivity index (χ2n) is 6.73. The molecule has 0 saturated carbocycles. The molecule has 1 atom stereocenters. The second-order valence-corrected chi connectivity index (χ2v) is 8.48. The maximum Gasteiger partial charge on any atom is 0.254 e. The average Bonchev–Trinajstić information content (AvgIpc) is 3.18. The Morgan fingerprint density at radius 3 is 2.59 bits per heavy atom. The van der Waals surface area contributed by atoms with Crippen molar-refractivity contribution in [3.63, 3.8) is 0 Å². The van der Waals surface area contributed by atoms with Crippen LogP contribution in [-0.4, -0.2) is 32.3 Å². The van der Waals surface area contributed by atoms with Gasteiger partial charge in [0, 0.05) is 12.2 Å². The number of aromatic nitrogens is 3. The first-order valence-corrected chi connectivity index (χ1v) is 11.4. The molecule has 0 unspecified atom stereocenters. The van der Waals surface area contributed by atoms with Crippen LogP contribution in [0.5, 0.6) is 0 Å². The maximum atomic E-state index is 13.9. The first kappa shape index (κ1) is 24.0. The van der Waals surface area contributed by atoms with Crippen molar-refractivity contribution in [3.8, 4) is 0 Å². The van der Waals surface area contributed by atoms with Gasteiger partial charge in [0.1, 0.15) is 5.82 Å². The third-order valence-electron chi connectivity index (χ3n) is 4.45. The van der Waals surface area contributed by atoms with E-state index in [2.05, 4.69) is 20.8 Å². The molecule has 11 heteroatoms. The molecule has 0 aliphatic heterocycles. The molecule has 0 radical (unpaired) electrons. The van der Waals surface area contributed by atoms with Crippen molar-refractivity contribution in [2.45, 2.75) is 31.6 Å². The summed E-state index contributed by atoms with van der Waals surface area (Å²) in [5.74, 6) is -0.796. The van der Waals surface area contributed by atoms with E-state index in [0.717, 1.165) is 0 Å². The summed E-state index contributed by atoms with van der Waals surface area (Å²) in [6, 6.07) is 10.1. The molecule has 0 aliphatic carbocycles. The van der Waals surface area contributed by atoms with Gasteiger partial charge in [0.15, 0.2) is 11.0 Å². The van der Waals surface area contributed by atoms with Crippen LogP contribution < -0.4 is 10.6 Å². The highest BCUT2D eigenvalue weighted by Gasteiger charge is 2.21. The van der Waals surface area contributed by atoms with Crippen LogP contribution in [-0.2, 0) is 11.3 Å². The Hall–Kier alpha value is -2.62. The van der Waals surface area contributed by atoms with Crippen molar-refractivity contribution in [2.75, 3.05) is 11.1 Å². The highest BCUT2D eigenvalue weighted by molar-refractivity contribution is 7.99. The van der Waals surface area contributed by atoms with Crippen LogP contribution in [0.1, 0.15) is 36.1 Å². The Morgan fingerprint density at radius 1 is 1.16 bits per heavy atom. The lowest BCUT2D eigenvalue weighted by Gasteiger charge is -2.15. The number of carbonyl (C=O) groups excluding carboxylic acids is 2. The zero-order valence-corrected chi connectivity index (χ0v) is 19.6. The number of nitrogens with zero attached hydrogens (tertiary/aromatic N) is 3. The normalized spacial score (nSPS) is 11.8. The minimum absolute atomic E-state index is 0.0458. The Balaban J connectivity index is 1.63. The Morgan fingerprint density at radius 2 is 1.91 bits per heavy atom. The Bertz CT molecular complexity index is 1140. The fourth-order valence-corrected chi connectivity index (χ4v) is 4.02. The lowest BCUT2D eigenvalue weighted by molar-refractivity contribution is -0.113. The largest absolute Gasteiger partial charge is 0.342 e. The molecule has 3 aromatic rings. The van der Waals surface area contributed by atoms with Gasteiger partial charge < -0.3 is 15.2 Å². The van der Waals surface area contributed by atoms with E-state index in [1.165, 1.54) is 30.0 Å². The zero-order valence-electron chi connectivity index (χ0n) is 17.2. The maximum absolute atomic E-state index is 13.9. The molecule has 0 fully saturated rings. The van der Waals surface area contributed by atoms with Crippen molar-refractivity contribution in [3.05, 3.63) is 69.7 Å². The fourth-order valence-electron chi connectivity index (χ4n) is 2.91. The molecule has 0 aliphatic rings. The number of amides is 2. The summed E-state index contributed by atoms with van der Waals surface area (Å²) in [5, 5.41) is 15.1. The van der Waals surface area contributed by atoms with E-state index < -0.39 is 17.8 Å². The first-order chi connectivity index (χ1) is 15.3. The molecule has 168 valence electrons. The topological polar surface area (TPSA) is 88.9 Å². The summed E-state index contributed by atoms with van der Waals surface area (Å²) in [5.41, 5.74) is 0.489. The summed E-state index contributed by atoms with van der Waals surface area (Å²) in [7, 11) is 0. The third-order valence-corrected chi connectivity index (χ3v) is 6.16. The van der Waals surface area contributed by atoms with Gasteiger partial charge in [-0.1, -0.05) is 47.1 Å². The standard InChI is InChI=1S/C21H20Cl2FN5O2S/c1-3-29-19(12(2)25-20(31)14-6-4-5-7-17(14)24)27-28-21(29)32-11-18(30)26-13-8-9-15(22)16(23)10-13/h4-10,12H,3,11H2,1-2H3,(H,25,31)(H,26,30)/t12-/m1/s1. The van der Waals surface area contributed by atoms with Crippen molar-refractivity contribution < 1.29 is 14.0 Å². The number of carbonyl (C=O) groups is 2. The zero-order chi connectivity index (χ0) is 23.3. The van der Waals surface area contributed by atoms with E-state index in [0.29, 0.717) is 33.3 Å². The van der Waals surface area contributed by atoms with Gasteiger partial charge in [-0.2, -0.15) is 0 Å². The molecule has 2 N–H and O–H groups in total. The van der Waals surface area contributed by atoms with Crippen molar-refractivity contribution in [2.24, 2.45) is 0 Å². The van der Waals surface area contributed by atoms with Crippen LogP contribution in [0.3, 0.4) is 0 Å². The number of hydrogen-bond acceptors (Lipinski definition) is 5. The molecule has 1 heterocycles. The first-order valence-electron chi connectivity index (χ1n) is 9.66. The van der Waals surface area contributed by atoms with Gasteiger partial charge in [-0.25, -0.2) is 4.39 Å². The lowest BCUT2D eigenvalue weighted by Crippen LogP contribution is -2.29. The molecule has 3 rings (SSSR count). The van der Waals surface area contributed by atoms with E-state index >= 15 is 0 Å². The molecular weight excluding hydrogens is 476 g/mol.